The van der Waals surface area contributed by atoms with Crippen LogP contribution in [0, 0.1) is 18.7 Å². The number of nitrogens with one attached hydrogen (secondary N) is 5. The molecule has 8 aromatic rings. The predicted molar refractivity (Wildman–Crippen MR) is 441 cm³/mol. The number of thiophene rings is 1. The van der Waals surface area contributed by atoms with Gasteiger partial charge in [0.15, 0.2) is 17.6 Å². The van der Waals surface area contributed by atoms with E-state index < -0.39 is 118 Å². The number of primary amides is 1. The van der Waals surface area contributed by atoms with Gasteiger partial charge in [-0.1, -0.05) is 80.0 Å². The number of carboxylic acid groups (broad SMARTS) is 2. The third kappa shape index (κ3) is 25.4. The van der Waals surface area contributed by atoms with E-state index in [0.717, 1.165) is 22.0 Å². The van der Waals surface area contributed by atoms with Crippen LogP contribution in [0.1, 0.15) is 61.1 Å². The van der Waals surface area contributed by atoms with Crippen molar-refractivity contribution in [2.45, 2.75) is 90.4 Å². The Bertz CT molecular complexity index is 5270. The number of imide groups is 1. The maximum Gasteiger partial charge on any atom is 0.409 e. The second kappa shape index (κ2) is 42.1. The first-order valence-electron chi connectivity index (χ1n) is 38.3. The molecular weight excluding hydrogens is 1640 g/mol. The molecule has 35 nitrogen and oxygen atoms in total. The van der Waals surface area contributed by atoms with E-state index in [-0.39, 0.29) is 88.3 Å². The molecule has 0 unspecified atom stereocenters. The standard InChI is InChI=1S/C82H92ClFN14O21S2/c1-48(2)72(94-65(99)28-37-115-38-34-97-67(101)25-26-68(97)102)76(104)93-59(14-11-29-87-81(85)109)75(103)91-55-22-19-52(53(40-55)42-95(4)82(110)118-45-60(79(105)106)92-66(100)46-121(111,112)113)43-98(5)35-31-96(32-36-98)33-39-116-63-24-23-57(49(3)71(63)83)69-70-77(88-47-89-78(70)120-73(69)50-17-20-54(84)21-18-50)119-64(80(107)108)41-51-12-7-9-15-61(51)117-44-56-27-30-86-74(90-56)58-13-8-10-16-62(58)114-6/h7-10,12-13,15-27,30,40,47-48,59-60,64,72H,11,14,28-29,31-39,41-46H2,1-6H3,(H9-,85,87,91,92,93,94,99,100,103,104,105,106,107,108,109,111,112,113)/p+1/t59-,60+,64+,72-/m0/s1. The lowest BCUT2D eigenvalue weighted by Crippen LogP contribution is -2.57. The first-order valence-corrected chi connectivity index (χ1v) is 41.1. The van der Waals surface area contributed by atoms with E-state index in [2.05, 4.69) is 41.1 Å². The zero-order valence-corrected chi connectivity index (χ0v) is 69.3. The van der Waals surface area contributed by atoms with Crippen molar-refractivity contribution in [1.82, 2.24) is 55.9 Å². The van der Waals surface area contributed by atoms with E-state index in [4.69, 9.17) is 55.3 Å². The third-order valence-corrected chi connectivity index (χ3v) is 22.1. The SMILES string of the molecule is COc1ccccc1-c1nccc(COc2ccccc2C[C@@H](Oc2ncnc3sc(-c4ccc(F)cc4)c(-c4ccc(OCCN5CC[N+](C)(Cc6ccc(NC(=O)[C@H](CCCNC(N)=O)NC(=O)[C@@H](NC(=O)CCOCCN7C(=O)C=CC7=O)C(C)C)cc6CN(C)C(=O)OC[C@@H](NC(=O)CS(=O)(=O)O)C(=O)O)CC5)c(Cl)c4C)c23)C(=O)O)n1. The maximum absolute atomic E-state index is 14.6. The fourth-order valence-corrected chi connectivity index (χ4v) is 15.2. The highest BCUT2D eigenvalue weighted by Gasteiger charge is 2.35. The monoisotopic (exact) mass is 1730 g/mol. The number of hydrogen-bond donors (Lipinski definition) is 9. The number of anilines is 1. The van der Waals surface area contributed by atoms with Crippen LogP contribution in [0.2, 0.25) is 5.02 Å². The largest absolute Gasteiger partial charge is 0.496 e. The number of hydrogen-bond acceptors (Lipinski definition) is 24. The molecule has 1 saturated heterocycles. The smallest absolute Gasteiger partial charge is 0.409 e. The number of methoxy groups -OCH3 is 1. The summed E-state index contributed by atoms with van der Waals surface area (Å²) in [7, 11) is 0.0971. The molecule has 0 spiro atoms. The van der Waals surface area contributed by atoms with E-state index in [0.29, 0.717) is 132 Å². The fourth-order valence-electron chi connectivity index (χ4n) is 13.4. The molecule has 0 bridgehead atoms. The van der Waals surface area contributed by atoms with E-state index >= 15 is 0 Å². The van der Waals surface area contributed by atoms with Gasteiger partial charge in [0, 0.05) is 92.7 Å². The molecule has 4 atom stereocenters. The number of ether oxygens (including phenoxy) is 6. The molecule has 642 valence electrons. The summed E-state index contributed by atoms with van der Waals surface area (Å²) < 4.78 is 82.4. The second-order valence-electron chi connectivity index (χ2n) is 29.2. The molecule has 2 aliphatic heterocycles. The number of fused-ring (bicyclic) bond motifs is 1. The summed E-state index contributed by atoms with van der Waals surface area (Å²) in [6, 6.07) is 25.3. The summed E-state index contributed by atoms with van der Waals surface area (Å²) in [5, 5.41) is 33.9. The minimum absolute atomic E-state index is 0.0179. The van der Waals surface area contributed by atoms with Gasteiger partial charge in [0.2, 0.25) is 35.6 Å². The van der Waals surface area contributed by atoms with Crippen molar-refractivity contribution < 1.29 is 108 Å². The molecule has 0 radical (unpaired) electrons. The van der Waals surface area contributed by atoms with Gasteiger partial charge in [0.25, 0.3) is 21.9 Å². The van der Waals surface area contributed by atoms with E-state index in [9.17, 15) is 71.0 Å². The van der Waals surface area contributed by atoms with Gasteiger partial charge in [-0.05, 0) is 108 Å². The Balaban J connectivity index is 0.821. The van der Waals surface area contributed by atoms with Crippen molar-refractivity contribution in [3.8, 4) is 56.1 Å². The summed E-state index contributed by atoms with van der Waals surface area (Å²) in [6.07, 6.45) is 2.33. The van der Waals surface area contributed by atoms with Crippen LogP contribution in [0.3, 0.4) is 0 Å². The number of aromatic nitrogens is 4. The van der Waals surface area contributed by atoms with E-state index in [1.807, 2.05) is 49.6 Å². The number of carbonyl (C=O) groups excluding carboxylic acids is 8. The lowest BCUT2D eigenvalue weighted by molar-refractivity contribution is -0.926. The number of benzene rings is 5. The molecule has 0 saturated carbocycles. The van der Waals surface area contributed by atoms with Gasteiger partial charge >= 0.3 is 24.1 Å². The first-order chi connectivity index (χ1) is 57.7. The Kier molecular flexibility index (Phi) is 31.6. The zero-order valence-electron chi connectivity index (χ0n) is 66.9. The number of aliphatic carboxylic acids is 2. The molecule has 0 aliphatic carbocycles. The van der Waals surface area contributed by atoms with Crippen molar-refractivity contribution in [2.75, 3.05) is 105 Å². The minimum atomic E-state index is -4.85. The number of nitrogens with two attached hydrogens (primary N) is 1. The number of para-hydroxylation sites is 2. The second-order valence-corrected chi connectivity index (χ2v) is 32.0. The van der Waals surface area contributed by atoms with Crippen molar-refractivity contribution in [3.63, 3.8) is 0 Å². The van der Waals surface area contributed by atoms with Gasteiger partial charge in [0.1, 0.15) is 72.7 Å². The first kappa shape index (κ1) is 91.0. The summed E-state index contributed by atoms with van der Waals surface area (Å²) >= 11 is 8.56. The van der Waals surface area contributed by atoms with Crippen LogP contribution in [0.25, 0.3) is 43.2 Å². The molecule has 5 heterocycles. The van der Waals surface area contributed by atoms with Crippen molar-refractivity contribution >= 4 is 108 Å². The molecule has 10 rings (SSSR count). The third-order valence-electron chi connectivity index (χ3n) is 19.9. The molecule has 10 N–H and O–H groups in total. The molecule has 2 aliphatic rings. The maximum atomic E-state index is 14.6. The van der Waals surface area contributed by atoms with E-state index in [1.54, 1.807) is 93.9 Å². The van der Waals surface area contributed by atoms with Crippen molar-refractivity contribution in [2.24, 2.45) is 11.7 Å². The highest BCUT2D eigenvalue weighted by molar-refractivity contribution is 7.86. The van der Waals surface area contributed by atoms with Crippen LogP contribution in [0.4, 0.5) is 19.7 Å². The van der Waals surface area contributed by atoms with Gasteiger partial charge in [0.05, 0.1) is 68.7 Å². The van der Waals surface area contributed by atoms with Crippen LogP contribution in [0.5, 0.6) is 23.1 Å². The highest BCUT2D eigenvalue weighted by atomic mass is 35.5. The Morgan fingerprint density at radius 1 is 0.777 bits per heavy atom. The van der Waals surface area contributed by atoms with Crippen LogP contribution in [0.15, 0.2) is 134 Å². The number of amides is 9. The number of piperazine rings is 1. The van der Waals surface area contributed by atoms with Gasteiger partial charge in [-0.15, -0.1) is 11.3 Å². The lowest BCUT2D eigenvalue weighted by Gasteiger charge is -2.42. The average molecular weight is 1730 g/mol. The summed E-state index contributed by atoms with van der Waals surface area (Å²) in [4.78, 5) is 152. The highest BCUT2D eigenvalue weighted by Crippen LogP contribution is 2.50. The number of rotatable bonds is 42. The molecule has 3 aromatic heterocycles. The Morgan fingerprint density at radius 2 is 1.50 bits per heavy atom. The number of carbonyl (C=O) groups is 10. The zero-order chi connectivity index (χ0) is 87.2. The normalized spacial score (nSPS) is 14.3. The molecule has 1 fully saturated rings. The number of carboxylic acids is 2. The van der Waals surface area contributed by atoms with Crippen molar-refractivity contribution in [3.05, 3.63) is 173 Å². The van der Waals surface area contributed by atoms with Crippen molar-refractivity contribution in [1.29, 1.82) is 0 Å². The number of quaternary nitrogens is 1. The molecule has 5 aromatic carbocycles. The Hall–Kier alpha value is -12.3. The fraction of sp³-hybridized carbons (Fsp3) is 0.366. The predicted octanol–water partition coefficient (Wildman–Crippen LogP) is 6.96. The molecule has 9 amide bonds. The topological polar surface area (TPSA) is 468 Å². The number of halogens is 2. The van der Waals surface area contributed by atoms with Crippen LogP contribution >= 0.6 is 22.9 Å². The van der Waals surface area contributed by atoms with E-state index in [1.165, 1.54) is 36.8 Å². The summed E-state index contributed by atoms with van der Waals surface area (Å²) in [5.74, 6) is -8.02. The van der Waals surface area contributed by atoms with Crippen LogP contribution < -0.4 is 51.3 Å². The Labute approximate surface area is 704 Å². The number of urea groups is 1. The summed E-state index contributed by atoms with van der Waals surface area (Å²) in [5.41, 5.74) is 10.8. The van der Waals surface area contributed by atoms with Crippen LogP contribution in [-0.2, 0) is 84.1 Å². The molecular formula is C82H93ClFN14O21S2+. The van der Waals surface area contributed by atoms with Gasteiger partial charge in [-0.3, -0.25) is 43.1 Å². The quantitative estimate of drug-likeness (QED) is 0.00808. The summed E-state index contributed by atoms with van der Waals surface area (Å²) in [6.45, 7) is 7.21. The lowest BCUT2D eigenvalue weighted by atomic mass is 9.96. The molecule has 39 heteroatoms. The van der Waals surface area contributed by atoms with Gasteiger partial charge < -0.3 is 80.3 Å². The average Bonchev–Trinajstić information content (AvgIpc) is 1.60. The van der Waals surface area contributed by atoms with Crippen LogP contribution in [-0.4, -0.2) is 245 Å². The Morgan fingerprint density at radius 3 is 2.19 bits per heavy atom. The number of likely N-dealkylation sites (N-methyl/N-ethyl adjacent to an activating group) is 1. The van der Waals surface area contributed by atoms with Gasteiger partial charge in [-0.25, -0.2) is 43.5 Å². The molecule has 121 heavy (non-hydrogen) atoms. The minimum Gasteiger partial charge on any atom is -0.496 e. The van der Waals surface area contributed by atoms with Gasteiger partial charge in [-0.2, -0.15) is 8.42 Å². The number of nitrogens with zero attached hydrogens (tertiary/aromatic N) is 8.